The van der Waals surface area contributed by atoms with Crippen molar-refractivity contribution >= 4 is 31.6 Å². The molecule has 0 saturated heterocycles. The summed E-state index contributed by atoms with van der Waals surface area (Å²) in [6.45, 7) is 0. The summed E-state index contributed by atoms with van der Waals surface area (Å²) in [5.41, 5.74) is 5.95. The van der Waals surface area contributed by atoms with E-state index in [1.54, 1.807) is 0 Å². The summed E-state index contributed by atoms with van der Waals surface area (Å²) in [6.07, 6.45) is 0. The lowest BCUT2D eigenvalue weighted by atomic mass is 10.3. The number of benzene rings is 2. The molecule has 0 spiro atoms. The molecule has 0 aromatic heterocycles. The Labute approximate surface area is 127 Å². The zero-order valence-corrected chi connectivity index (χ0v) is 12.6. The van der Waals surface area contributed by atoms with Gasteiger partial charge in [-0.2, -0.15) is 16.8 Å². The van der Waals surface area contributed by atoms with E-state index in [4.69, 9.17) is 9.11 Å². The van der Waals surface area contributed by atoms with Gasteiger partial charge >= 0.3 is 0 Å². The van der Waals surface area contributed by atoms with Crippen LogP contribution in [0.5, 0.6) is 0 Å². The van der Waals surface area contributed by atoms with Crippen LogP contribution in [0.2, 0.25) is 0 Å². The average molecular weight is 344 g/mol. The van der Waals surface area contributed by atoms with E-state index in [0.29, 0.717) is 11.4 Å². The van der Waals surface area contributed by atoms with Crippen molar-refractivity contribution in [2.24, 2.45) is 0 Å². The van der Waals surface area contributed by atoms with Crippen molar-refractivity contribution in [3.8, 4) is 0 Å². The van der Waals surface area contributed by atoms with Crippen LogP contribution in [0, 0.1) is 0 Å². The molecule has 10 heteroatoms. The van der Waals surface area contributed by atoms with Gasteiger partial charge in [0, 0.05) is 0 Å². The molecule has 0 aliphatic heterocycles. The van der Waals surface area contributed by atoms with Crippen molar-refractivity contribution in [3.63, 3.8) is 0 Å². The topological polar surface area (TPSA) is 133 Å². The van der Waals surface area contributed by atoms with Crippen LogP contribution < -0.4 is 10.9 Å². The molecule has 0 fully saturated rings. The summed E-state index contributed by atoms with van der Waals surface area (Å²) < 4.78 is 62.0. The maximum absolute atomic E-state index is 11.0. The summed E-state index contributed by atoms with van der Waals surface area (Å²) >= 11 is 0. The Hall–Kier alpha value is -2.14. The van der Waals surface area contributed by atoms with Gasteiger partial charge in [-0.25, -0.2) is 0 Å². The molecule has 0 aliphatic carbocycles. The fourth-order valence-electron chi connectivity index (χ4n) is 1.61. The molecule has 0 radical (unpaired) electrons. The van der Waals surface area contributed by atoms with Crippen LogP contribution >= 0.6 is 0 Å². The summed E-state index contributed by atoms with van der Waals surface area (Å²) in [6, 6.07) is 10.7. The van der Waals surface area contributed by atoms with Gasteiger partial charge in [0.1, 0.15) is 0 Å². The number of rotatable bonds is 5. The van der Waals surface area contributed by atoms with Gasteiger partial charge in [-0.3, -0.25) is 9.11 Å². The van der Waals surface area contributed by atoms with Crippen molar-refractivity contribution in [2.45, 2.75) is 9.79 Å². The van der Waals surface area contributed by atoms with Crippen molar-refractivity contribution < 1.29 is 25.9 Å². The predicted octanol–water partition coefficient (Wildman–Crippen LogP) is 1.62. The molecule has 0 bridgehead atoms. The summed E-state index contributed by atoms with van der Waals surface area (Å²) in [5.74, 6) is 0. The maximum atomic E-state index is 11.0. The van der Waals surface area contributed by atoms with Gasteiger partial charge in [0.05, 0.1) is 21.2 Å². The van der Waals surface area contributed by atoms with Crippen LogP contribution in [-0.4, -0.2) is 25.9 Å². The summed E-state index contributed by atoms with van der Waals surface area (Å²) in [7, 11) is -8.63. The second-order valence-electron chi connectivity index (χ2n) is 4.26. The SMILES string of the molecule is O=S(=O)(O)c1cccc(NNc2cccc(S(=O)(=O)O)c2)c1. The van der Waals surface area contributed by atoms with E-state index in [9.17, 15) is 16.8 Å². The highest BCUT2D eigenvalue weighted by Crippen LogP contribution is 2.18. The molecule has 0 heterocycles. The molecule has 0 amide bonds. The Bertz CT molecular complexity index is 818. The number of hydrogen-bond acceptors (Lipinski definition) is 6. The Kier molecular flexibility index (Phi) is 4.37. The third-order valence-corrected chi connectivity index (χ3v) is 4.31. The molecule has 2 aromatic carbocycles. The first-order chi connectivity index (χ1) is 10.2. The third kappa shape index (κ3) is 4.18. The van der Waals surface area contributed by atoms with Crippen molar-refractivity contribution in [1.82, 2.24) is 0 Å². The van der Waals surface area contributed by atoms with E-state index >= 15 is 0 Å². The lowest BCUT2D eigenvalue weighted by Crippen LogP contribution is -2.10. The summed E-state index contributed by atoms with van der Waals surface area (Å²) in [5, 5.41) is 0. The minimum absolute atomic E-state index is 0.286. The minimum Gasteiger partial charge on any atom is -0.301 e. The van der Waals surface area contributed by atoms with E-state index in [0.717, 1.165) is 0 Å². The largest absolute Gasteiger partial charge is 0.301 e. The molecule has 0 atom stereocenters. The van der Waals surface area contributed by atoms with E-state index < -0.39 is 20.2 Å². The van der Waals surface area contributed by atoms with Gasteiger partial charge in [-0.05, 0) is 36.4 Å². The van der Waals surface area contributed by atoms with Gasteiger partial charge in [0.15, 0.2) is 0 Å². The molecular formula is C12H12N2O6S2. The van der Waals surface area contributed by atoms with Crippen LogP contribution in [0.1, 0.15) is 0 Å². The zero-order chi connectivity index (χ0) is 16.4. The Morgan fingerprint density at radius 2 is 1.05 bits per heavy atom. The van der Waals surface area contributed by atoms with Gasteiger partial charge in [-0.1, -0.05) is 12.1 Å². The van der Waals surface area contributed by atoms with Crippen molar-refractivity contribution in [1.29, 1.82) is 0 Å². The van der Waals surface area contributed by atoms with Crippen LogP contribution in [0.25, 0.3) is 0 Å². The first-order valence-corrected chi connectivity index (χ1v) is 8.71. The second kappa shape index (κ2) is 5.93. The number of hydrogen-bond donors (Lipinski definition) is 4. The molecule has 2 rings (SSSR count). The van der Waals surface area contributed by atoms with Gasteiger partial charge in [0.2, 0.25) is 0 Å². The fraction of sp³-hybridized carbons (Fsp3) is 0. The quantitative estimate of drug-likeness (QED) is 0.475. The molecular weight excluding hydrogens is 332 g/mol. The van der Waals surface area contributed by atoms with Crippen LogP contribution in [0.4, 0.5) is 11.4 Å². The Balaban J connectivity index is 2.18. The van der Waals surface area contributed by atoms with Crippen molar-refractivity contribution in [3.05, 3.63) is 48.5 Å². The zero-order valence-electron chi connectivity index (χ0n) is 11.0. The molecule has 0 unspecified atom stereocenters. The number of anilines is 2. The third-order valence-electron chi connectivity index (χ3n) is 2.61. The monoisotopic (exact) mass is 344 g/mol. The minimum atomic E-state index is -4.31. The molecule has 4 N–H and O–H groups in total. The molecule has 22 heavy (non-hydrogen) atoms. The van der Waals surface area contributed by atoms with Gasteiger partial charge in [0.25, 0.3) is 20.2 Å². The smallest absolute Gasteiger partial charge is 0.294 e. The second-order valence-corrected chi connectivity index (χ2v) is 7.10. The van der Waals surface area contributed by atoms with Crippen LogP contribution in [0.3, 0.4) is 0 Å². The highest BCUT2D eigenvalue weighted by atomic mass is 32.2. The molecule has 8 nitrogen and oxygen atoms in total. The predicted molar refractivity (Wildman–Crippen MR) is 79.8 cm³/mol. The molecule has 118 valence electrons. The van der Waals surface area contributed by atoms with Gasteiger partial charge in [-0.15, -0.1) is 0 Å². The number of hydrazine groups is 1. The molecule has 0 saturated carbocycles. The first-order valence-electron chi connectivity index (χ1n) is 5.83. The van der Waals surface area contributed by atoms with Crippen LogP contribution in [-0.2, 0) is 20.2 Å². The van der Waals surface area contributed by atoms with E-state index in [1.165, 1.54) is 48.5 Å². The highest BCUT2D eigenvalue weighted by molar-refractivity contribution is 7.86. The Morgan fingerprint density at radius 3 is 1.36 bits per heavy atom. The van der Waals surface area contributed by atoms with E-state index in [-0.39, 0.29) is 9.79 Å². The maximum Gasteiger partial charge on any atom is 0.294 e. The number of nitrogens with one attached hydrogen (secondary N) is 2. The summed E-state index contributed by atoms with van der Waals surface area (Å²) in [4.78, 5) is -0.572. The average Bonchev–Trinajstić information content (AvgIpc) is 2.44. The van der Waals surface area contributed by atoms with Gasteiger partial charge < -0.3 is 10.9 Å². The van der Waals surface area contributed by atoms with E-state index in [2.05, 4.69) is 10.9 Å². The lowest BCUT2D eigenvalue weighted by molar-refractivity contribution is 0.481. The van der Waals surface area contributed by atoms with Crippen LogP contribution in [0.15, 0.2) is 58.3 Å². The standard InChI is InChI=1S/C12H12N2O6S2/c15-21(16,17)11-5-1-3-9(7-11)13-14-10-4-2-6-12(8-10)22(18,19)20/h1-8,13-14H,(H,15,16,17)(H,18,19,20). The lowest BCUT2D eigenvalue weighted by Gasteiger charge is -2.11. The molecule has 0 aliphatic rings. The first kappa shape index (κ1) is 16.2. The normalized spacial score (nSPS) is 11.9. The van der Waals surface area contributed by atoms with E-state index in [1.807, 2.05) is 0 Å². The fourth-order valence-corrected chi connectivity index (χ4v) is 2.67. The Morgan fingerprint density at radius 1 is 0.682 bits per heavy atom. The molecule has 2 aromatic rings. The highest BCUT2D eigenvalue weighted by Gasteiger charge is 2.11. The van der Waals surface area contributed by atoms with Crippen molar-refractivity contribution in [2.75, 3.05) is 10.9 Å².